The first kappa shape index (κ1) is 22.9. The zero-order valence-corrected chi connectivity index (χ0v) is 20.6. The molecule has 5 heterocycles. The Kier molecular flexibility index (Phi) is 5.44. The number of fused-ring (bicyclic) bond motifs is 4. The Labute approximate surface area is 208 Å². The fourth-order valence-corrected chi connectivity index (χ4v) is 6.40. The van der Waals surface area contributed by atoms with Crippen LogP contribution in [0.2, 0.25) is 0 Å². The molecular formula is C28H30FN5O2. The number of rotatable bonds is 5. The lowest BCUT2D eigenvalue weighted by Crippen LogP contribution is -2.49. The van der Waals surface area contributed by atoms with Crippen molar-refractivity contribution < 1.29 is 9.18 Å². The zero-order valence-electron chi connectivity index (χ0n) is 20.6. The number of nitrogens with zero attached hydrogens (tertiary/aromatic N) is 3. The first-order valence-electron chi connectivity index (χ1n) is 12.6. The van der Waals surface area contributed by atoms with Crippen molar-refractivity contribution in [3.05, 3.63) is 81.8 Å². The Morgan fingerprint density at radius 3 is 2.97 bits per heavy atom. The Bertz CT molecular complexity index is 1540. The van der Waals surface area contributed by atoms with E-state index in [1.807, 2.05) is 6.07 Å². The molecule has 7 nitrogen and oxygen atoms in total. The number of hydrogen-bond donors (Lipinski definition) is 2. The van der Waals surface area contributed by atoms with Gasteiger partial charge in [-0.25, -0.2) is 9.37 Å². The van der Waals surface area contributed by atoms with Crippen molar-refractivity contribution in [3.63, 3.8) is 0 Å². The SMILES string of the molecule is C[C@@H]1C[C@H]2CC[C@@](C)(C1)N2Cc1cc2cc(F)c(CNC(=O)c3cc(=O)n4ccccc4n3)cc2[nH]1. The van der Waals surface area contributed by atoms with E-state index in [-0.39, 0.29) is 29.2 Å². The summed E-state index contributed by atoms with van der Waals surface area (Å²) in [5, 5.41) is 3.53. The van der Waals surface area contributed by atoms with Crippen molar-refractivity contribution in [3.8, 4) is 0 Å². The highest BCUT2D eigenvalue weighted by Crippen LogP contribution is 2.46. The number of halogens is 1. The van der Waals surface area contributed by atoms with Crippen LogP contribution in [0.25, 0.3) is 16.6 Å². The number of amides is 1. The third-order valence-electron chi connectivity index (χ3n) is 8.04. The third kappa shape index (κ3) is 3.99. The minimum atomic E-state index is -0.520. The van der Waals surface area contributed by atoms with Gasteiger partial charge in [-0.15, -0.1) is 0 Å². The average molecular weight is 488 g/mol. The fraction of sp³-hybridized carbons (Fsp3) is 0.393. The van der Waals surface area contributed by atoms with Crippen molar-refractivity contribution >= 4 is 22.5 Å². The second-order valence-corrected chi connectivity index (χ2v) is 10.8. The highest BCUT2D eigenvalue weighted by atomic mass is 19.1. The lowest BCUT2D eigenvalue weighted by atomic mass is 9.83. The smallest absolute Gasteiger partial charge is 0.270 e. The molecule has 2 saturated heterocycles. The van der Waals surface area contributed by atoms with Crippen molar-refractivity contribution in [1.82, 2.24) is 24.6 Å². The lowest BCUT2D eigenvalue weighted by Gasteiger charge is -2.45. The summed E-state index contributed by atoms with van der Waals surface area (Å²) in [6.07, 6.45) is 6.55. The zero-order chi connectivity index (χ0) is 25.0. The topological polar surface area (TPSA) is 82.5 Å². The first-order valence-corrected chi connectivity index (χ1v) is 12.6. The number of H-pyrrole nitrogens is 1. The molecular weight excluding hydrogens is 457 g/mol. The Balaban J connectivity index is 1.19. The number of hydrogen-bond acceptors (Lipinski definition) is 4. The molecule has 0 aliphatic carbocycles. The summed E-state index contributed by atoms with van der Waals surface area (Å²) in [7, 11) is 0. The van der Waals surface area contributed by atoms with Gasteiger partial charge in [0.25, 0.3) is 11.5 Å². The molecule has 3 aromatic heterocycles. The van der Waals surface area contributed by atoms with E-state index in [0.29, 0.717) is 17.3 Å². The van der Waals surface area contributed by atoms with Crippen LogP contribution in [0, 0.1) is 11.7 Å². The van der Waals surface area contributed by atoms with Crippen LogP contribution in [0.15, 0.2) is 53.5 Å². The maximum atomic E-state index is 14.9. The minimum Gasteiger partial charge on any atom is -0.357 e. The number of aromatic amines is 1. The van der Waals surface area contributed by atoms with Gasteiger partial charge in [0.2, 0.25) is 0 Å². The monoisotopic (exact) mass is 487 g/mol. The van der Waals surface area contributed by atoms with Crippen LogP contribution in [0.5, 0.6) is 0 Å². The van der Waals surface area contributed by atoms with Crippen molar-refractivity contribution in [2.45, 2.75) is 64.2 Å². The standard InChI is InChI=1S/C28H30FN5O2/c1-17-9-21-6-7-28(2,14-17)34(21)16-20-10-18-11-22(29)19(12-23(18)31-20)15-30-27(36)24-13-26(35)33-8-4-3-5-25(33)32-24/h3-5,8,10-13,17,21,31H,6-7,9,14-16H2,1-2H3,(H,30,36)/t17-,21-,28+/m1/s1. The maximum Gasteiger partial charge on any atom is 0.270 e. The van der Waals surface area contributed by atoms with Gasteiger partial charge in [0.05, 0.1) is 0 Å². The molecule has 36 heavy (non-hydrogen) atoms. The van der Waals surface area contributed by atoms with Crippen molar-refractivity contribution in [2.24, 2.45) is 5.92 Å². The van der Waals surface area contributed by atoms with Crippen LogP contribution in [-0.4, -0.2) is 36.8 Å². The number of benzene rings is 1. The summed E-state index contributed by atoms with van der Waals surface area (Å²) in [6.45, 7) is 5.56. The molecule has 2 aliphatic rings. The number of piperidine rings is 1. The molecule has 2 aliphatic heterocycles. The van der Waals surface area contributed by atoms with Crippen LogP contribution < -0.4 is 10.9 Å². The molecule has 186 valence electrons. The first-order chi connectivity index (χ1) is 17.3. The third-order valence-corrected chi connectivity index (χ3v) is 8.04. The Morgan fingerprint density at radius 2 is 2.14 bits per heavy atom. The summed E-state index contributed by atoms with van der Waals surface area (Å²) < 4.78 is 16.3. The molecule has 1 amide bonds. The van der Waals surface area contributed by atoms with E-state index in [1.165, 1.54) is 42.2 Å². The van der Waals surface area contributed by atoms with Crippen LogP contribution >= 0.6 is 0 Å². The number of nitrogens with one attached hydrogen (secondary N) is 2. The normalized spacial score (nSPS) is 24.0. The summed E-state index contributed by atoms with van der Waals surface area (Å²) >= 11 is 0. The summed E-state index contributed by atoms with van der Waals surface area (Å²) in [4.78, 5) is 35.3. The molecule has 0 unspecified atom stereocenters. The van der Waals surface area contributed by atoms with Gasteiger partial charge < -0.3 is 10.3 Å². The highest BCUT2D eigenvalue weighted by molar-refractivity contribution is 5.92. The molecule has 1 aromatic carbocycles. The number of carbonyl (C=O) groups is 1. The second kappa shape index (κ2) is 8.55. The van der Waals surface area contributed by atoms with Gasteiger partial charge in [-0.2, -0.15) is 0 Å². The van der Waals surface area contributed by atoms with Gasteiger partial charge in [0.1, 0.15) is 17.2 Å². The average Bonchev–Trinajstić information content (AvgIpc) is 3.31. The molecule has 2 N–H and O–H groups in total. The van der Waals surface area contributed by atoms with Crippen molar-refractivity contribution in [2.75, 3.05) is 0 Å². The molecule has 8 heteroatoms. The van der Waals surface area contributed by atoms with E-state index in [4.69, 9.17) is 0 Å². The number of aromatic nitrogens is 3. The molecule has 0 saturated carbocycles. The predicted octanol–water partition coefficient (Wildman–Crippen LogP) is 4.40. The van der Waals surface area contributed by atoms with E-state index in [0.717, 1.165) is 29.1 Å². The largest absolute Gasteiger partial charge is 0.357 e. The van der Waals surface area contributed by atoms with Crippen LogP contribution in [0.1, 0.15) is 61.3 Å². The Morgan fingerprint density at radius 1 is 1.28 bits per heavy atom. The lowest BCUT2D eigenvalue weighted by molar-refractivity contribution is 0.0335. The highest BCUT2D eigenvalue weighted by Gasteiger charge is 2.47. The van der Waals surface area contributed by atoms with Gasteiger partial charge in [0.15, 0.2) is 0 Å². The number of carbonyl (C=O) groups excluding carboxylic acids is 1. The molecule has 2 fully saturated rings. The molecule has 4 aromatic rings. The van der Waals surface area contributed by atoms with E-state index in [2.05, 4.69) is 34.0 Å². The molecule has 0 spiro atoms. The summed E-state index contributed by atoms with van der Waals surface area (Å²) in [6, 6.07) is 12.2. The van der Waals surface area contributed by atoms with Gasteiger partial charge >= 0.3 is 0 Å². The molecule has 3 atom stereocenters. The van der Waals surface area contributed by atoms with Crippen LogP contribution in [0.4, 0.5) is 4.39 Å². The summed E-state index contributed by atoms with van der Waals surface area (Å²) in [5.74, 6) is -0.135. The van der Waals surface area contributed by atoms with E-state index < -0.39 is 5.91 Å². The van der Waals surface area contributed by atoms with E-state index in [9.17, 15) is 14.0 Å². The minimum absolute atomic E-state index is 0.00500. The van der Waals surface area contributed by atoms with E-state index >= 15 is 0 Å². The maximum absolute atomic E-state index is 14.9. The second-order valence-electron chi connectivity index (χ2n) is 10.8. The van der Waals surface area contributed by atoms with E-state index in [1.54, 1.807) is 30.5 Å². The van der Waals surface area contributed by atoms with Crippen LogP contribution in [-0.2, 0) is 13.1 Å². The summed E-state index contributed by atoms with van der Waals surface area (Å²) in [5.41, 5.74) is 2.59. The molecule has 6 rings (SSSR count). The Hall–Kier alpha value is -3.52. The van der Waals surface area contributed by atoms with Gasteiger partial charge in [0, 0.05) is 59.1 Å². The van der Waals surface area contributed by atoms with Crippen LogP contribution in [0.3, 0.4) is 0 Å². The predicted molar refractivity (Wildman–Crippen MR) is 136 cm³/mol. The fourth-order valence-electron chi connectivity index (χ4n) is 6.40. The molecule has 0 radical (unpaired) electrons. The quantitative estimate of drug-likeness (QED) is 0.437. The van der Waals surface area contributed by atoms with Gasteiger partial charge in [-0.3, -0.25) is 18.9 Å². The van der Waals surface area contributed by atoms with Gasteiger partial charge in [-0.1, -0.05) is 13.0 Å². The molecule has 2 bridgehead atoms. The van der Waals surface area contributed by atoms with Crippen molar-refractivity contribution in [1.29, 1.82) is 0 Å². The number of pyridine rings is 1. The van der Waals surface area contributed by atoms with Gasteiger partial charge in [-0.05, 0) is 68.9 Å².